The highest BCUT2D eigenvalue weighted by Gasteiger charge is 2.12. The normalized spacial score (nSPS) is 10.4. The minimum absolute atomic E-state index is 0.165. The summed E-state index contributed by atoms with van der Waals surface area (Å²) in [5, 5.41) is 10.3. The Balaban J connectivity index is 1.74. The number of nitrogens with zero attached hydrogens (tertiary/aromatic N) is 1. The van der Waals surface area contributed by atoms with Crippen LogP contribution in [0, 0.1) is 0 Å². The number of carbonyl (C=O) groups is 1. The van der Waals surface area contributed by atoms with Crippen LogP contribution < -0.4 is 10.1 Å². The summed E-state index contributed by atoms with van der Waals surface area (Å²) in [5.74, 6) is 0.456. The lowest BCUT2D eigenvalue weighted by Crippen LogP contribution is -2.22. The smallest absolute Gasteiger partial charge is 0.251 e. The monoisotopic (exact) mass is 341 g/mol. The van der Waals surface area contributed by atoms with Crippen LogP contribution in [-0.4, -0.2) is 23.2 Å². The van der Waals surface area contributed by atoms with Crippen molar-refractivity contribution in [2.45, 2.75) is 6.54 Å². The first-order valence-electron chi connectivity index (χ1n) is 7.37. The molecule has 0 atom stereocenters. The molecule has 0 spiro atoms. The van der Waals surface area contributed by atoms with Gasteiger partial charge in [0, 0.05) is 34.5 Å². The third kappa shape index (κ3) is 3.58. The van der Waals surface area contributed by atoms with Gasteiger partial charge in [-0.15, -0.1) is 0 Å². The van der Waals surface area contributed by atoms with Crippen molar-refractivity contribution in [3.8, 4) is 16.9 Å². The molecule has 0 unspecified atom stereocenters. The predicted molar refractivity (Wildman–Crippen MR) is 93.2 cm³/mol. The number of nitrogens with one attached hydrogen (secondary N) is 2. The summed E-state index contributed by atoms with van der Waals surface area (Å²) in [7, 11) is 1.58. The molecule has 122 valence electrons. The van der Waals surface area contributed by atoms with Gasteiger partial charge in [0.05, 0.1) is 13.3 Å². The Hall–Kier alpha value is -2.79. The van der Waals surface area contributed by atoms with Crippen molar-refractivity contribution in [3.63, 3.8) is 0 Å². The number of hydrogen-bond acceptors (Lipinski definition) is 3. The topological polar surface area (TPSA) is 67.0 Å². The van der Waals surface area contributed by atoms with Crippen molar-refractivity contribution < 1.29 is 9.53 Å². The average molecular weight is 342 g/mol. The Bertz CT molecular complexity index is 830. The van der Waals surface area contributed by atoms with Crippen LogP contribution in [-0.2, 0) is 6.54 Å². The van der Waals surface area contributed by atoms with Gasteiger partial charge in [-0.05, 0) is 35.9 Å². The number of halogens is 1. The van der Waals surface area contributed by atoms with E-state index in [-0.39, 0.29) is 5.91 Å². The van der Waals surface area contributed by atoms with Crippen molar-refractivity contribution in [3.05, 3.63) is 71.0 Å². The summed E-state index contributed by atoms with van der Waals surface area (Å²) < 4.78 is 5.40. The van der Waals surface area contributed by atoms with Gasteiger partial charge in [-0.2, -0.15) is 5.10 Å². The first kappa shape index (κ1) is 16.1. The van der Waals surface area contributed by atoms with Gasteiger partial charge in [-0.25, -0.2) is 0 Å². The van der Waals surface area contributed by atoms with Crippen LogP contribution >= 0.6 is 11.6 Å². The number of aromatic amines is 1. The van der Waals surface area contributed by atoms with Crippen LogP contribution in [0.5, 0.6) is 5.75 Å². The van der Waals surface area contributed by atoms with Crippen molar-refractivity contribution in [1.29, 1.82) is 0 Å². The molecule has 3 rings (SSSR count). The molecule has 2 N–H and O–H groups in total. The first-order valence-corrected chi connectivity index (χ1v) is 7.75. The number of amides is 1. The molecule has 3 aromatic rings. The minimum Gasteiger partial charge on any atom is -0.496 e. The van der Waals surface area contributed by atoms with Crippen molar-refractivity contribution >= 4 is 17.5 Å². The zero-order valence-electron chi connectivity index (χ0n) is 13.0. The Morgan fingerprint density at radius 2 is 2.04 bits per heavy atom. The molecular weight excluding hydrogens is 326 g/mol. The standard InChI is InChI=1S/C18H16ClN3O2/c1-24-17-8-13(4-7-16(17)14-10-21-22-11-14)18(23)20-9-12-2-5-15(19)6-3-12/h2-8,10-11H,9H2,1H3,(H,20,23)(H,21,22). The summed E-state index contributed by atoms with van der Waals surface area (Å²) >= 11 is 5.85. The van der Waals surface area contributed by atoms with Crippen LogP contribution in [0.1, 0.15) is 15.9 Å². The fourth-order valence-electron chi connectivity index (χ4n) is 2.36. The van der Waals surface area contributed by atoms with E-state index >= 15 is 0 Å². The summed E-state index contributed by atoms with van der Waals surface area (Å²) in [4.78, 5) is 12.3. The summed E-state index contributed by atoms with van der Waals surface area (Å²) in [6.07, 6.45) is 3.48. The molecule has 0 bridgehead atoms. The molecule has 0 aliphatic heterocycles. The lowest BCUT2D eigenvalue weighted by molar-refractivity contribution is 0.0950. The van der Waals surface area contributed by atoms with Gasteiger partial charge in [0.2, 0.25) is 0 Å². The van der Waals surface area contributed by atoms with Crippen LogP contribution in [0.15, 0.2) is 54.9 Å². The summed E-state index contributed by atoms with van der Waals surface area (Å²) in [6.45, 7) is 0.432. The van der Waals surface area contributed by atoms with Gasteiger partial charge in [-0.3, -0.25) is 9.89 Å². The van der Waals surface area contributed by atoms with E-state index < -0.39 is 0 Å². The van der Waals surface area contributed by atoms with Gasteiger partial charge in [-0.1, -0.05) is 23.7 Å². The zero-order chi connectivity index (χ0) is 16.9. The van der Waals surface area contributed by atoms with Gasteiger partial charge >= 0.3 is 0 Å². The molecular formula is C18H16ClN3O2. The number of ether oxygens (including phenoxy) is 1. The molecule has 2 aromatic carbocycles. The highest BCUT2D eigenvalue weighted by atomic mass is 35.5. The van der Waals surface area contributed by atoms with Crippen LogP contribution in [0.2, 0.25) is 5.02 Å². The molecule has 1 heterocycles. The van der Waals surface area contributed by atoms with E-state index in [0.29, 0.717) is 22.9 Å². The van der Waals surface area contributed by atoms with E-state index in [2.05, 4.69) is 15.5 Å². The molecule has 0 saturated carbocycles. The Morgan fingerprint density at radius 3 is 2.71 bits per heavy atom. The molecule has 5 nitrogen and oxygen atoms in total. The highest BCUT2D eigenvalue weighted by molar-refractivity contribution is 6.30. The van der Waals surface area contributed by atoms with E-state index in [4.69, 9.17) is 16.3 Å². The Labute approximate surface area is 144 Å². The molecule has 1 amide bonds. The fraction of sp³-hybridized carbons (Fsp3) is 0.111. The number of hydrogen-bond donors (Lipinski definition) is 2. The number of methoxy groups -OCH3 is 1. The van der Waals surface area contributed by atoms with Crippen LogP contribution in [0.4, 0.5) is 0 Å². The molecule has 0 aliphatic carbocycles. The Morgan fingerprint density at radius 1 is 1.25 bits per heavy atom. The van der Waals surface area contributed by atoms with E-state index in [1.165, 1.54) is 0 Å². The molecule has 0 radical (unpaired) electrons. The zero-order valence-corrected chi connectivity index (χ0v) is 13.8. The van der Waals surface area contributed by atoms with Crippen molar-refractivity contribution in [2.75, 3.05) is 7.11 Å². The van der Waals surface area contributed by atoms with E-state index in [1.54, 1.807) is 43.8 Å². The van der Waals surface area contributed by atoms with Crippen LogP contribution in [0.25, 0.3) is 11.1 Å². The lowest BCUT2D eigenvalue weighted by atomic mass is 10.1. The highest BCUT2D eigenvalue weighted by Crippen LogP contribution is 2.30. The lowest BCUT2D eigenvalue weighted by Gasteiger charge is -2.10. The molecule has 1 aromatic heterocycles. The number of H-pyrrole nitrogens is 1. The number of rotatable bonds is 5. The van der Waals surface area contributed by atoms with Gasteiger partial charge in [0.1, 0.15) is 5.75 Å². The van der Waals surface area contributed by atoms with Gasteiger partial charge < -0.3 is 10.1 Å². The summed E-state index contributed by atoms with van der Waals surface area (Å²) in [6, 6.07) is 12.7. The van der Waals surface area contributed by atoms with E-state index in [1.807, 2.05) is 18.2 Å². The van der Waals surface area contributed by atoms with Crippen molar-refractivity contribution in [2.24, 2.45) is 0 Å². The van der Waals surface area contributed by atoms with Crippen LogP contribution in [0.3, 0.4) is 0 Å². The Kier molecular flexibility index (Phi) is 4.82. The van der Waals surface area contributed by atoms with Gasteiger partial charge in [0.25, 0.3) is 5.91 Å². The third-order valence-electron chi connectivity index (χ3n) is 3.64. The molecule has 0 saturated heterocycles. The number of aromatic nitrogens is 2. The first-order chi connectivity index (χ1) is 11.7. The predicted octanol–water partition coefficient (Wildman–Crippen LogP) is 3.67. The molecule has 0 fully saturated rings. The van der Waals surface area contributed by atoms with E-state index in [9.17, 15) is 4.79 Å². The second-order valence-electron chi connectivity index (χ2n) is 5.21. The number of benzene rings is 2. The third-order valence-corrected chi connectivity index (χ3v) is 3.89. The minimum atomic E-state index is -0.165. The van der Waals surface area contributed by atoms with Gasteiger partial charge in [0.15, 0.2) is 0 Å². The second kappa shape index (κ2) is 7.19. The fourth-order valence-corrected chi connectivity index (χ4v) is 2.48. The maximum absolute atomic E-state index is 12.3. The number of carbonyl (C=O) groups excluding carboxylic acids is 1. The maximum Gasteiger partial charge on any atom is 0.251 e. The maximum atomic E-state index is 12.3. The molecule has 0 aliphatic rings. The second-order valence-corrected chi connectivity index (χ2v) is 5.65. The quantitative estimate of drug-likeness (QED) is 0.744. The SMILES string of the molecule is COc1cc(C(=O)NCc2ccc(Cl)cc2)ccc1-c1cn[nH]c1. The van der Waals surface area contributed by atoms with E-state index in [0.717, 1.165) is 16.7 Å². The largest absolute Gasteiger partial charge is 0.496 e. The summed E-state index contributed by atoms with van der Waals surface area (Å²) in [5.41, 5.74) is 3.29. The molecule has 6 heteroatoms. The average Bonchev–Trinajstić information content (AvgIpc) is 3.15. The molecule has 24 heavy (non-hydrogen) atoms. The van der Waals surface area contributed by atoms with Crippen molar-refractivity contribution in [1.82, 2.24) is 15.5 Å².